The third kappa shape index (κ3) is 0.911. The Bertz CT molecular complexity index is 315. The van der Waals surface area contributed by atoms with E-state index in [2.05, 4.69) is 16.3 Å². The molecule has 1 aliphatic rings. The summed E-state index contributed by atoms with van der Waals surface area (Å²) < 4.78 is 0. The maximum Gasteiger partial charge on any atom is 0.165 e. The van der Waals surface area contributed by atoms with Crippen LogP contribution in [0.3, 0.4) is 0 Å². The SMILES string of the molecule is Cc1[nH]nc(C#N)c1C1CC1. The fraction of sp³-hybridized carbons (Fsp3) is 0.500. The van der Waals surface area contributed by atoms with Crippen LogP contribution in [0.15, 0.2) is 0 Å². The van der Waals surface area contributed by atoms with Crippen molar-refractivity contribution in [2.75, 3.05) is 0 Å². The smallest absolute Gasteiger partial charge is 0.165 e. The van der Waals surface area contributed by atoms with E-state index in [1.54, 1.807) is 0 Å². The molecular formula is C8H9N3. The Hall–Kier alpha value is -1.30. The molecule has 0 radical (unpaired) electrons. The molecule has 1 N–H and O–H groups in total. The molecule has 3 heteroatoms. The fourth-order valence-electron chi connectivity index (χ4n) is 1.39. The first-order chi connectivity index (χ1) is 5.33. The van der Waals surface area contributed by atoms with Crippen LogP contribution >= 0.6 is 0 Å². The summed E-state index contributed by atoms with van der Waals surface area (Å²) in [6.45, 7) is 1.97. The van der Waals surface area contributed by atoms with E-state index < -0.39 is 0 Å². The first-order valence-electron chi connectivity index (χ1n) is 3.78. The predicted octanol–water partition coefficient (Wildman–Crippen LogP) is 1.47. The highest BCUT2D eigenvalue weighted by Crippen LogP contribution is 2.42. The molecule has 1 heterocycles. The van der Waals surface area contributed by atoms with Crippen LogP contribution < -0.4 is 0 Å². The number of aromatic amines is 1. The number of hydrogen-bond acceptors (Lipinski definition) is 2. The van der Waals surface area contributed by atoms with Crippen molar-refractivity contribution in [3.05, 3.63) is 17.0 Å². The molecule has 0 aliphatic heterocycles. The Morgan fingerprint density at radius 2 is 2.36 bits per heavy atom. The summed E-state index contributed by atoms with van der Waals surface area (Å²) in [5.41, 5.74) is 2.79. The number of aromatic nitrogens is 2. The lowest BCUT2D eigenvalue weighted by Gasteiger charge is -1.92. The van der Waals surface area contributed by atoms with Crippen LogP contribution in [0.4, 0.5) is 0 Å². The van der Waals surface area contributed by atoms with Crippen LogP contribution in [0.5, 0.6) is 0 Å². The largest absolute Gasteiger partial charge is 0.281 e. The number of rotatable bonds is 1. The zero-order valence-corrected chi connectivity index (χ0v) is 6.39. The van der Waals surface area contributed by atoms with Crippen molar-refractivity contribution in [3.63, 3.8) is 0 Å². The second kappa shape index (κ2) is 2.09. The van der Waals surface area contributed by atoms with Crippen molar-refractivity contribution in [2.24, 2.45) is 0 Å². The number of nitriles is 1. The Morgan fingerprint density at radius 1 is 1.64 bits per heavy atom. The molecule has 1 fully saturated rings. The maximum absolute atomic E-state index is 8.68. The van der Waals surface area contributed by atoms with E-state index in [1.165, 1.54) is 12.8 Å². The van der Waals surface area contributed by atoms with E-state index in [4.69, 9.17) is 5.26 Å². The Balaban J connectivity index is 2.48. The molecule has 56 valence electrons. The monoisotopic (exact) mass is 147 g/mol. The zero-order valence-electron chi connectivity index (χ0n) is 6.39. The standard InChI is InChI=1S/C8H9N3/c1-5-8(6-2-3-6)7(4-9)11-10-5/h6H,2-3H2,1H3,(H,10,11). The van der Waals surface area contributed by atoms with Gasteiger partial charge in [-0.3, -0.25) is 5.10 Å². The molecule has 2 rings (SSSR count). The number of nitrogens with one attached hydrogen (secondary N) is 1. The molecule has 0 spiro atoms. The van der Waals surface area contributed by atoms with E-state index >= 15 is 0 Å². The lowest BCUT2D eigenvalue weighted by atomic mass is 10.1. The van der Waals surface area contributed by atoms with Crippen LogP contribution in [0, 0.1) is 18.3 Å². The minimum atomic E-state index is 0.588. The van der Waals surface area contributed by atoms with Gasteiger partial charge in [0.05, 0.1) is 0 Å². The Kier molecular flexibility index (Phi) is 1.22. The van der Waals surface area contributed by atoms with Gasteiger partial charge in [0.1, 0.15) is 6.07 Å². The summed E-state index contributed by atoms with van der Waals surface area (Å²) in [5.74, 6) is 0.614. The van der Waals surface area contributed by atoms with Crippen LogP contribution in [-0.2, 0) is 0 Å². The molecule has 0 atom stereocenters. The van der Waals surface area contributed by atoms with E-state index in [-0.39, 0.29) is 0 Å². The van der Waals surface area contributed by atoms with Crippen LogP contribution in [0.25, 0.3) is 0 Å². The second-order valence-corrected chi connectivity index (χ2v) is 3.00. The van der Waals surface area contributed by atoms with E-state index in [0.717, 1.165) is 11.3 Å². The van der Waals surface area contributed by atoms with Crippen molar-refractivity contribution in [1.29, 1.82) is 5.26 Å². The summed E-state index contributed by atoms with van der Waals surface area (Å²) in [7, 11) is 0. The lowest BCUT2D eigenvalue weighted by molar-refractivity contribution is 1.03. The summed E-state index contributed by atoms with van der Waals surface area (Å²) >= 11 is 0. The Morgan fingerprint density at radius 3 is 2.91 bits per heavy atom. The minimum absolute atomic E-state index is 0.588. The molecule has 11 heavy (non-hydrogen) atoms. The van der Waals surface area contributed by atoms with Gasteiger partial charge < -0.3 is 0 Å². The van der Waals surface area contributed by atoms with Gasteiger partial charge in [0.25, 0.3) is 0 Å². The van der Waals surface area contributed by atoms with Crippen molar-refractivity contribution in [2.45, 2.75) is 25.7 Å². The van der Waals surface area contributed by atoms with Gasteiger partial charge in [0.15, 0.2) is 5.69 Å². The lowest BCUT2D eigenvalue weighted by Crippen LogP contribution is -1.83. The number of H-pyrrole nitrogens is 1. The molecule has 0 saturated heterocycles. The number of aryl methyl sites for hydroxylation is 1. The first kappa shape index (κ1) is 6.41. The van der Waals surface area contributed by atoms with Crippen molar-refractivity contribution in [3.8, 4) is 6.07 Å². The van der Waals surface area contributed by atoms with Gasteiger partial charge >= 0.3 is 0 Å². The molecule has 1 aromatic heterocycles. The van der Waals surface area contributed by atoms with Crippen LogP contribution in [-0.4, -0.2) is 10.2 Å². The molecule has 1 aromatic rings. The average Bonchev–Trinajstić information content (AvgIpc) is 2.76. The van der Waals surface area contributed by atoms with Gasteiger partial charge in [0, 0.05) is 11.3 Å². The number of nitrogens with zero attached hydrogens (tertiary/aromatic N) is 2. The van der Waals surface area contributed by atoms with Gasteiger partial charge in [-0.25, -0.2) is 0 Å². The number of hydrogen-bond donors (Lipinski definition) is 1. The topological polar surface area (TPSA) is 52.5 Å². The summed E-state index contributed by atoms with van der Waals surface area (Å²) in [6, 6.07) is 2.10. The van der Waals surface area contributed by atoms with Crippen LogP contribution in [0.1, 0.15) is 35.7 Å². The van der Waals surface area contributed by atoms with E-state index in [1.807, 2.05) is 6.92 Å². The third-order valence-corrected chi connectivity index (χ3v) is 2.09. The van der Waals surface area contributed by atoms with Crippen molar-refractivity contribution in [1.82, 2.24) is 10.2 Å². The predicted molar refractivity (Wildman–Crippen MR) is 40.0 cm³/mol. The molecular weight excluding hydrogens is 138 g/mol. The van der Waals surface area contributed by atoms with E-state index in [0.29, 0.717) is 11.6 Å². The molecule has 0 bridgehead atoms. The molecule has 0 aromatic carbocycles. The Labute approximate surface area is 65.0 Å². The summed E-state index contributed by atoms with van der Waals surface area (Å²) in [4.78, 5) is 0. The highest BCUT2D eigenvalue weighted by Gasteiger charge is 2.29. The summed E-state index contributed by atoms with van der Waals surface area (Å²) in [5, 5.41) is 15.4. The van der Waals surface area contributed by atoms with E-state index in [9.17, 15) is 0 Å². The van der Waals surface area contributed by atoms with Gasteiger partial charge in [-0.15, -0.1) is 0 Å². The molecule has 3 nitrogen and oxygen atoms in total. The summed E-state index contributed by atoms with van der Waals surface area (Å²) in [6.07, 6.45) is 2.43. The first-order valence-corrected chi connectivity index (χ1v) is 3.78. The second-order valence-electron chi connectivity index (χ2n) is 3.00. The minimum Gasteiger partial charge on any atom is -0.281 e. The van der Waals surface area contributed by atoms with Crippen molar-refractivity contribution < 1.29 is 0 Å². The molecule has 1 aliphatic carbocycles. The highest BCUT2D eigenvalue weighted by molar-refractivity contribution is 5.38. The molecule has 1 saturated carbocycles. The van der Waals surface area contributed by atoms with Gasteiger partial charge in [-0.2, -0.15) is 10.4 Å². The molecule has 0 unspecified atom stereocenters. The van der Waals surface area contributed by atoms with Gasteiger partial charge in [-0.1, -0.05) is 0 Å². The fourth-order valence-corrected chi connectivity index (χ4v) is 1.39. The zero-order chi connectivity index (χ0) is 7.84. The normalized spacial score (nSPS) is 16.4. The molecule has 0 amide bonds. The van der Waals surface area contributed by atoms with Crippen molar-refractivity contribution >= 4 is 0 Å². The van der Waals surface area contributed by atoms with Gasteiger partial charge in [0.2, 0.25) is 0 Å². The highest BCUT2D eigenvalue weighted by atomic mass is 15.1. The maximum atomic E-state index is 8.68. The van der Waals surface area contributed by atoms with Gasteiger partial charge in [-0.05, 0) is 25.7 Å². The third-order valence-electron chi connectivity index (χ3n) is 2.09. The van der Waals surface area contributed by atoms with Crippen LogP contribution in [0.2, 0.25) is 0 Å². The average molecular weight is 147 g/mol. The quantitative estimate of drug-likeness (QED) is 0.653.